The van der Waals surface area contributed by atoms with Gasteiger partial charge >= 0.3 is 0 Å². The van der Waals surface area contributed by atoms with E-state index < -0.39 is 0 Å². The number of hydrogen-bond acceptors (Lipinski definition) is 7. The topological polar surface area (TPSA) is 51.6 Å². The average Bonchev–Trinajstić information content (AvgIpc) is 3.42. The van der Waals surface area contributed by atoms with E-state index in [2.05, 4.69) is 41.4 Å². The number of anilines is 2. The number of benzene rings is 2. The maximum atomic E-state index is 5.59. The normalized spacial score (nSPS) is 18.3. The maximum Gasteiger partial charge on any atom is 0.231 e. The molecule has 8 heteroatoms. The smallest absolute Gasteiger partial charge is 0.231 e. The lowest BCUT2D eigenvalue weighted by molar-refractivity contribution is 0.173. The van der Waals surface area contributed by atoms with Gasteiger partial charge in [-0.05, 0) is 67.4 Å². The first-order valence-corrected chi connectivity index (χ1v) is 10.9. The second kappa shape index (κ2) is 7.78. The van der Waals surface area contributed by atoms with Gasteiger partial charge in [0.15, 0.2) is 15.5 Å². The molecule has 0 radical (unpaired) electrons. The molecule has 29 heavy (non-hydrogen) atoms. The average molecular weight is 427 g/mol. The molecule has 1 atom stereocenters. The molecule has 0 aliphatic carbocycles. The monoisotopic (exact) mass is 426 g/mol. The zero-order valence-corrected chi connectivity index (χ0v) is 17.8. The van der Waals surface area contributed by atoms with Crippen LogP contribution in [0.15, 0.2) is 42.5 Å². The van der Waals surface area contributed by atoms with Crippen LogP contribution in [0.1, 0.15) is 30.0 Å². The van der Waals surface area contributed by atoms with Crippen LogP contribution in [0, 0.1) is 10.9 Å². The van der Waals surface area contributed by atoms with Crippen molar-refractivity contribution in [3.63, 3.8) is 0 Å². The number of fused-ring (bicyclic) bond motifs is 1. The Bertz CT molecular complexity index is 1090. The van der Waals surface area contributed by atoms with Gasteiger partial charge in [-0.15, -0.1) is 5.10 Å². The molecular weight excluding hydrogens is 404 g/mol. The number of aromatic nitrogens is 2. The van der Waals surface area contributed by atoms with E-state index in [9.17, 15) is 0 Å². The number of hydrogen-bond donors (Lipinski definition) is 1. The number of aryl methyl sites for hydroxylation is 1. The van der Waals surface area contributed by atoms with Gasteiger partial charge in [0.25, 0.3) is 0 Å². The molecule has 3 aromatic rings. The van der Waals surface area contributed by atoms with Crippen LogP contribution in [0.3, 0.4) is 0 Å². The van der Waals surface area contributed by atoms with Crippen molar-refractivity contribution >= 4 is 34.4 Å². The fourth-order valence-electron chi connectivity index (χ4n) is 3.96. The Morgan fingerprint density at radius 3 is 3.00 bits per heavy atom. The third kappa shape index (κ3) is 3.88. The molecular formula is C21H22N4O2S2. The lowest BCUT2D eigenvalue weighted by atomic mass is 10.0. The maximum absolute atomic E-state index is 5.59. The van der Waals surface area contributed by atoms with Crippen LogP contribution in [-0.2, 0) is 6.67 Å². The summed E-state index contributed by atoms with van der Waals surface area (Å²) < 4.78 is 13.7. The summed E-state index contributed by atoms with van der Waals surface area (Å²) in [6.07, 6.45) is 2.27. The quantitative estimate of drug-likeness (QED) is 0.563. The van der Waals surface area contributed by atoms with Crippen molar-refractivity contribution < 1.29 is 9.47 Å². The van der Waals surface area contributed by atoms with Gasteiger partial charge in [-0.25, -0.2) is 4.68 Å². The summed E-state index contributed by atoms with van der Waals surface area (Å²) in [4.78, 5) is 2.43. The van der Waals surface area contributed by atoms with Gasteiger partial charge in [0.05, 0.1) is 6.67 Å². The van der Waals surface area contributed by atoms with Crippen molar-refractivity contribution in [2.45, 2.75) is 32.5 Å². The predicted molar refractivity (Wildman–Crippen MR) is 117 cm³/mol. The fourth-order valence-corrected chi connectivity index (χ4v) is 4.97. The first kappa shape index (κ1) is 18.6. The molecule has 1 aromatic heterocycles. The minimum atomic E-state index is 0.303. The van der Waals surface area contributed by atoms with Gasteiger partial charge in [0.1, 0.15) is 0 Å². The van der Waals surface area contributed by atoms with Gasteiger partial charge < -0.3 is 14.8 Å². The molecule has 2 aliphatic rings. The minimum absolute atomic E-state index is 0.303. The van der Waals surface area contributed by atoms with Crippen molar-refractivity contribution in [1.82, 2.24) is 14.7 Å². The van der Waals surface area contributed by atoms with Gasteiger partial charge in [0, 0.05) is 18.3 Å². The van der Waals surface area contributed by atoms with Gasteiger partial charge in [-0.2, -0.15) is 0 Å². The zero-order chi connectivity index (χ0) is 19.8. The first-order valence-electron chi connectivity index (χ1n) is 9.71. The van der Waals surface area contributed by atoms with Crippen molar-refractivity contribution in [2.24, 2.45) is 0 Å². The highest BCUT2D eigenvalue weighted by atomic mass is 32.1. The fraction of sp³-hybridized carbons (Fsp3) is 0.333. The molecule has 5 rings (SSSR count). The number of nitrogens with zero attached hydrogens (tertiary/aromatic N) is 3. The number of nitrogens with one attached hydrogen (secondary N) is 1. The molecule has 2 aliphatic heterocycles. The van der Waals surface area contributed by atoms with E-state index in [4.69, 9.17) is 26.8 Å². The van der Waals surface area contributed by atoms with Crippen LogP contribution in [0.2, 0.25) is 0 Å². The Labute approximate surface area is 178 Å². The van der Waals surface area contributed by atoms with Crippen LogP contribution >= 0.6 is 23.6 Å². The van der Waals surface area contributed by atoms with Crippen molar-refractivity contribution in [3.8, 4) is 11.5 Å². The van der Waals surface area contributed by atoms with Crippen LogP contribution in [0.5, 0.6) is 11.5 Å². The lowest BCUT2D eigenvalue weighted by Gasteiger charge is -2.24. The molecule has 3 heterocycles. The Morgan fingerprint density at radius 1 is 1.21 bits per heavy atom. The molecule has 1 saturated heterocycles. The van der Waals surface area contributed by atoms with E-state index in [1.165, 1.54) is 22.5 Å². The highest BCUT2D eigenvalue weighted by Gasteiger charge is 2.28. The van der Waals surface area contributed by atoms with Crippen LogP contribution in [0.4, 0.5) is 10.8 Å². The zero-order valence-electron chi connectivity index (χ0n) is 16.1. The second-order valence-corrected chi connectivity index (χ2v) is 9.01. The third-order valence-corrected chi connectivity index (χ3v) is 6.56. The van der Waals surface area contributed by atoms with Crippen molar-refractivity contribution in [1.29, 1.82) is 0 Å². The molecule has 1 unspecified atom stereocenters. The van der Waals surface area contributed by atoms with Crippen LogP contribution in [-0.4, -0.2) is 28.0 Å². The molecule has 1 N–H and O–H groups in total. The predicted octanol–water partition coefficient (Wildman–Crippen LogP) is 5.25. The molecule has 2 aromatic carbocycles. The van der Waals surface area contributed by atoms with E-state index in [1.807, 2.05) is 22.9 Å². The Kier molecular flexibility index (Phi) is 4.99. The first-order chi connectivity index (χ1) is 14.2. The highest BCUT2D eigenvalue weighted by Crippen LogP contribution is 2.39. The van der Waals surface area contributed by atoms with E-state index in [0.29, 0.717) is 19.5 Å². The van der Waals surface area contributed by atoms with Gasteiger partial charge in [-0.3, -0.25) is 4.90 Å². The molecule has 0 amide bonds. The second-order valence-electron chi connectivity index (χ2n) is 7.39. The largest absolute Gasteiger partial charge is 0.454 e. The van der Waals surface area contributed by atoms with Crippen LogP contribution < -0.4 is 14.8 Å². The van der Waals surface area contributed by atoms with Crippen molar-refractivity contribution in [2.75, 3.05) is 18.7 Å². The third-order valence-electron chi connectivity index (χ3n) is 5.34. The van der Waals surface area contributed by atoms with Gasteiger partial charge in [-0.1, -0.05) is 29.5 Å². The van der Waals surface area contributed by atoms with Crippen LogP contribution in [0.25, 0.3) is 0 Å². The summed E-state index contributed by atoms with van der Waals surface area (Å²) in [6, 6.07) is 14.8. The SMILES string of the molecule is Cc1cccc(Nc2nn(CN3CCCC3c3ccc4c(c3)OCO4)c(=S)s2)c1. The highest BCUT2D eigenvalue weighted by molar-refractivity contribution is 7.73. The molecule has 6 nitrogen and oxygen atoms in total. The minimum Gasteiger partial charge on any atom is -0.454 e. The Hall–Kier alpha value is -2.42. The number of likely N-dealkylation sites (tertiary alicyclic amines) is 1. The molecule has 0 saturated carbocycles. The summed E-state index contributed by atoms with van der Waals surface area (Å²) in [5, 5.41) is 8.91. The summed E-state index contributed by atoms with van der Waals surface area (Å²) in [7, 11) is 0. The van der Waals surface area contributed by atoms with Crippen molar-refractivity contribution in [3.05, 3.63) is 57.5 Å². The Balaban J connectivity index is 1.33. The molecule has 150 valence electrons. The number of rotatable bonds is 5. The lowest BCUT2D eigenvalue weighted by Crippen LogP contribution is -2.26. The van der Waals surface area contributed by atoms with Gasteiger partial charge in [0.2, 0.25) is 11.9 Å². The van der Waals surface area contributed by atoms with E-state index >= 15 is 0 Å². The number of ether oxygens (including phenoxy) is 2. The summed E-state index contributed by atoms with van der Waals surface area (Å²) in [5.74, 6) is 1.66. The summed E-state index contributed by atoms with van der Waals surface area (Å²) >= 11 is 7.09. The van der Waals surface area contributed by atoms with E-state index in [-0.39, 0.29) is 0 Å². The molecule has 0 spiro atoms. The van der Waals surface area contributed by atoms with E-state index in [1.54, 1.807) is 0 Å². The molecule has 1 fully saturated rings. The Morgan fingerprint density at radius 2 is 2.10 bits per heavy atom. The summed E-state index contributed by atoms with van der Waals surface area (Å²) in [6.45, 7) is 4.09. The molecule has 0 bridgehead atoms. The van der Waals surface area contributed by atoms with E-state index in [0.717, 1.165) is 45.7 Å². The summed E-state index contributed by atoms with van der Waals surface area (Å²) in [5.41, 5.74) is 3.49. The standard InChI is InChI=1S/C21H22N4O2S2/c1-14-4-2-5-16(10-14)22-20-23-25(21(28)29-20)12-24-9-3-6-17(24)15-7-8-18-19(11-15)27-13-26-18/h2,4-5,7-8,10-11,17H,3,6,9,12-13H2,1H3,(H,22,23).